The summed E-state index contributed by atoms with van der Waals surface area (Å²) in [6.45, 7) is 1.99. The predicted molar refractivity (Wildman–Crippen MR) is 50.5 cm³/mol. The van der Waals surface area contributed by atoms with Gasteiger partial charge in [-0.05, 0) is 35.0 Å². The molecular weight excluding hydrogens is 204 g/mol. The first kappa shape index (κ1) is 6.98. The fraction of sp³-hybridized carbons (Fsp3) is 0.250. The topological polar surface area (TPSA) is 24.7 Å². The number of aliphatic imine (C=N–C) groups is 2. The van der Waals surface area contributed by atoms with Gasteiger partial charge in [-0.3, -0.25) is 9.98 Å². The molecule has 0 aliphatic carbocycles. The summed E-state index contributed by atoms with van der Waals surface area (Å²) in [4.78, 5) is 8.53. The Morgan fingerprint density at radius 2 is 2.27 bits per heavy atom. The second kappa shape index (κ2) is 2.41. The van der Waals surface area contributed by atoms with Crippen LogP contribution in [-0.2, 0) is 0 Å². The minimum atomic E-state index is 0.0382. The highest BCUT2D eigenvalue weighted by atomic mass is 79.9. The van der Waals surface area contributed by atoms with Gasteiger partial charge in [0, 0.05) is 22.0 Å². The first-order valence-corrected chi connectivity index (χ1v) is 4.21. The molecule has 2 nitrogen and oxygen atoms in total. The van der Waals surface area contributed by atoms with E-state index in [1.54, 1.807) is 6.21 Å². The summed E-state index contributed by atoms with van der Waals surface area (Å²) in [7, 11) is 0. The Kier molecular flexibility index (Phi) is 1.53. The van der Waals surface area contributed by atoms with Crippen molar-refractivity contribution < 1.29 is 0 Å². The Balaban J connectivity index is 2.39. The molecule has 0 aromatic carbocycles. The normalized spacial score (nSPS) is 27.5. The molecule has 2 aliphatic rings. The SMILES string of the molecule is CC1=N[C@@H]2N=CC(Br)=CC2=C1. The van der Waals surface area contributed by atoms with Crippen molar-refractivity contribution in [2.24, 2.45) is 9.98 Å². The molecule has 0 saturated carbocycles. The van der Waals surface area contributed by atoms with E-state index in [4.69, 9.17) is 0 Å². The zero-order valence-electron chi connectivity index (χ0n) is 6.08. The standard InChI is InChI=1S/C8H7BrN2/c1-5-2-6-3-7(9)4-10-8(6)11-5/h2-4,8H,1H3/t8-/m0/s1. The second-order valence-corrected chi connectivity index (χ2v) is 3.51. The quantitative estimate of drug-likeness (QED) is 0.586. The van der Waals surface area contributed by atoms with E-state index in [9.17, 15) is 0 Å². The van der Waals surface area contributed by atoms with Crippen molar-refractivity contribution in [2.45, 2.75) is 13.1 Å². The molecule has 2 heterocycles. The minimum Gasteiger partial charge on any atom is -0.261 e. The molecule has 56 valence electrons. The van der Waals surface area contributed by atoms with E-state index in [0.717, 1.165) is 10.2 Å². The molecule has 0 aromatic rings. The number of hydrogen-bond donors (Lipinski definition) is 0. The number of allylic oxidation sites excluding steroid dienone is 2. The molecule has 0 N–H and O–H groups in total. The van der Waals surface area contributed by atoms with E-state index < -0.39 is 0 Å². The van der Waals surface area contributed by atoms with Gasteiger partial charge in [0.2, 0.25) is 0 Å². The first-order valence-electron chi connectivity index (χ1n) is 3.42. The third-order valence-corrected chi connectivity index (χ3v) is 2.08. The van der Waals surface area contributed by atoms with Gasteiger partial charge in [-0.25, -0.2) is 0 Å². The highest BCUT2D eigenvalue weighted by molar-refractivity contribution is 9.12. The number of nitrogens with zero attached hydrogens (tertiary/aromatic N) is 2. The van der Waals surface area contributed by atoms with E-state index in [-0.39, 0.29) is 6.17 Å². The maximum Gasteiger partial charge on any atom is 0.165 e. The lowest BCUT2D eigenvalue weighted by atomic mass is 10.2. The lowest BCUT2D eigenvalue weighted by molar-refractivity contribution is 0.860. The van der Waals surface area contributed by atoms with E-state index in [0.29, 0.717) is 0 Å². The van der Waals surface area contributed by atoms with E-state index >= 15 is 0 Å². The minimum absolute atomic E-state index is 0.0382. The van der Waals surface area contributed by atoms with Gasteiger partial charge in [-0.15, -0.1) is 0 Å². The van der Waals surface area contributed by atoms with Crippen molar-refractivity contribution in [3.05, 3.63) is 22.2 Å². The summed E-state index contributed by atoms with van der Waals surface area (Å²) in [5.41, 5.74) is 2.23. The summed E-state index contributed by atoms with van der Waals surface area (Å²) < 4.78 is 1.02. The van der Waals surface area contributed by atoms with Crippen LogP contribution in [0.5, 0.6) is 0 Å². The summed E-state index contributed by atoms with van der Waals surface area (Å²) in [6, 6.07) is 0. The number of rotatable bonds is 0. The van der Waals surface area contributed by atoms with Crippen molar-refractivity contribution >= 4 is 27.9 Å². The number of fused-ring (bicyclic) bond motifs is 1. The lowest BCUT2D eigenvalue weighted by Gasteiger charge is -2.07. The molecule has 0 radical (unpaired) electrons. The van der Waals surface area contributed by atoms with Crippen molar-refractivity contribution in [3.63, 3.8) is 0 Å². The number of halogens is 1. The van der Waals surface area contributed by atoms with Crippen LogP contribution >= 0.6 is 15.9 Å². The van der Waals surface area contributed by atoms with Crippen LogP contribution in [0.1, 0.15) is 6.92 Å². The zero-order valence-corrected chi connectivity index (χ0v) is 7.67. The average Bonchev–Trinajstić information content (AvgIpc) is 2.27. The molecule has 0 aromatic heterocycles. The van der Waals surface area contributed by atoms with Crippen LogP contribution in [0.4, 0.5) is 0 Å². The van der Waals surface area contributed by atoms with E-state index in [2.05, 4.69) is 38.1 Å². The third-order valence-electron chi connectivity index (χ3n) is 1.64. The molecule has 0 unspecified atom stereocenters. The molecular formula is C8H7BrN2. The Labute approximate surface area is 73.6 Å². The van der Waals surface area contributed by atoms with Crippen LogP contribution in [-0.4, -0.2) is 18.1 Å². The summed E-state index contributed by atoms with van der Waals surface area (Å²) in [5.74, 6) is 0. The fourth-order valence-electron chi connectivity index (χ4n) is 1.19. The zero-order chi connectivity index (χ0) is 7.84. The number of hydrogen-bond acceptors (Lipinski definition) is 2. The molecule has 1 atom stereocenters. The van der Waals surface area contributed by atoms with Crippen LogP contribution < -0.4 is 0 Å². The van der Waals surface area contributed by atoms with Crippen LogP contribution in [0, 0.1) is 0 Å². The van der Waals surface area contributed by atoms with Crippen molar-refractivity contribution in [1.82, 2.24) is 0 Å². The monoisotopic (exact) mass is 210 g/mol. The van der Waals surface area contributed by atoms with Gasteiger partial charge in [-0.1, -0.05) is 0 Å². The molecule has 2 rings (SSSR count). The fourth-order valence-corrected chi connectivity index (χ4v) is 1.58. The van der Waals surface area contributed by atoms with E-state index in [1.165, 1.54) is 5.57 Å². The maximum atomic E-state index is 4.31. The van der Waals surface area contributed by atoms with Gasteiger partial charge in [-0.2, -0.15) is 0 Å². The summed E-state index contributed by atoms with van der Waals surface area (Å²) in [5, 5.41) is 0. The van der Waals surface area contributed by atoms with Crippen LogP contribution in [0.25, 0.3) is 0 Å². The Hall–Kier alpha value is -0.700. The van der Waals surface area contributed by atoms with Gasteiger partial charge >= 0.3 is 0 Å². The van der Waals surface area contributed by atoms with Gasteiger partial charge in [0.15, 0.2) is 6.17 Å². The summed E-state index contributed by atoms with van der Waals surface area (Å²) >= 11 is 3.36. The molecule has 0 amide bonds. The molecule has 0 spiro atoms. The maximum absolute atomic E-state index is 4.31. The predicted octanol–water partition coefficient (Wildman–Crippen LogP) is 2.08. The van der Waals surface area contributed by atoms with Gasteiger partial charge < -0.3 is 0 Å². The third kappa shape index (κ3) is 1.20. The average molecular weight is 211 g/mol. The lowest BCUT2D eigenvalue weighted by Crippen LogP contribution is -2.04. The molecule has 11 heavy (non-hydrogen) atoms. The van der Waals surface area contributed by atoms with Gasteiger partial charge in [0.1, 0.15) is 0 Å². The molecule has 2 aliphatic heterocycles. The van der Waals surface area contributed by atoms with Crippen LogP contribution in [0.2, 0.25) is 0 Å². The molecule has 0 bridgehead atoms. The summed E-state index contributed by atoms with van der Waals surface area (Å²) in [6.07, 6.45) is 5.95. The van der Waals surface area contributed by atoms with Gasteiger partial charge in [0.05, 0.1) is 0 Å². The molecule has 0 fully saturated rings. The Bertz CT molecular complexity index is 310. The van der Waals surface area contributed by atoms with Crippen LogP contribution in [0.15, 0.2) is 32.2 Å². The van der Waals surface area contributed by atoms with Crippen molar-refractivity contribution in [2.75, 3.05) is 0 Å². The molecule has 0 saturated heterocycles. The van der Waals surface area contributed by atoms with Crippen LogP contribution in [0.3, 0.4) is 0 Å². The highest BCUT2D eigenvalue weighted by Crippen LogP contribution is 2.23. The largest absolute Gasteiger partial charge is 0.261 e. The van der Waals surface area contributed by atoms with Crippen molar-refractivity contribution in [1.29, 1.82) is 0 Å². The Morgan fingerprint density at radius 3 is 3.09 bits per heavy atom. The highest BCUT2D eigenvalue weighted by Gasteiger charge is 2.17. The second-order valence-electron chi connectivity index (χ2n) is 2.60. The van der Waals surface area contributed by atoms with E-state index in [1.807, 2.05) is 6.92 Å². The van der Waals surface area contributed by atoms with Crippen molar-refractivity contribution in [3.8, 4) is 0 Å². The first-order chi connectivity index (χ1) is 5.25. The van der Waals surface area contributed by atoms with Gasteiger partial charge in [0.25, 0.3) is 0 Å². The Morgan fingerprint density at radius 1 is 1.45 bits per heavy atom. The molecule has 3 heteroatoms. The number of dihydropyridines is 1. The smallest absolute Gasteiger partial charge is 0.165 e.